The Balaban J connectivity index is 1.71. The van der Waals surface area contributed by atoms with E-state index < -0.39 is 0 Å². The van der Waals surface area contributed by atoms with Crippen molar-refractivity contribution < 1.29 is 14.3 Å². The fourth-order valence-electron chi connectivity index (χ4n) is 2.37. The van der Waals surface area contributed by atoms with E-state index >= 15 is 0 Å². The summed E-state index contributed by atoms with van der Waals surface area (Å²) < 4.78 is 10.5. The predicted molar refractivity (Wildman–Crippen MR) is 101 cm³/mol. The van der Waals surface area contributed by atoms with Gasteiger partial charge in [0.2, 0.25) is 0 Å². The molecule has 0 spiro atoms. The van der Waals surface area contributed by atoms with Gasteiger partial charge in [-0.05, 0) is 36.1 Å². The van der Waals surface area contributed by atoms with E-state index in [9.17, 15) is 4.79 Å². The molecular formula is C18H18N2O3S2. The molecule has 0 aliphatic heterocycles. The Kier molecular flexibility index (Phi) is 5.35. The van der Waals surface area contributed by atoms with Crippen LogP contribution in [0.5, 0.6) is 11.5 Å². The van der Waals surface area contributed by atoms with Gasteiger partial charge in [0.15, 0.2) is 11.5 Å². The lowest BCUT2D eigenvalue weighted by atomic mass is 10.2. The molecule has 0 saturated heterocycles. The molecule has 0 fully saturated rings. The Bertz CT molecular complexity index is 873. The van der Waals surface area contributed by atoms with Crippen molar-refractivity contribution in [2.45, 2.75) is 13.5 Å². The van der Waals surface area contributed by atoms with Gasteiger partial charge in [-0.25, -0.2) is 4.98 Å². The maximum absolute atomic E-state index is 12.5. The van der Waals surface area contributed by atoms with Crippen molar-refractivity contribution in [1.82, 2.24) is 10.3 Å². The van der Waals surface area contributed by atoms with E-state index in [1.54, 1.807) is 25.6 Å². The lowest BCUT2D eigenvalue weighted by molar-refractivity contribution is 0.0954. The van der Waals surface area contributed by atoms with Crippen LogP contribution in [0.15, 0.2) is 35.7 Å². The first-order chi connectivity index (χ1) is 12.1. The van der Waals surface area contributed by atoms with Crippen molar-refractivity contribution in [3.63, 3.8) is 0 Å². The number of hydrogen-bond donors (Lipinski definition) is 1. The third-order valence-electron chi connectivity index (χ3n) is 3.64. The quantitative estimate of drug-likeness (QED) is 0.705. The Labute approximate surface area is 154 Å². The summed E-state index contributed by atoms with van der Waals surface area (Å²) in [5.74, 6) is 1.19. The Morgan fingerprint density at radius 2 is 2.00 bits per heavy atom. The first kappa shape index (κ1) is 17.4. The van der Waals surface area contributed by atoms with Gasteiger partial charge in [-0.2, -0.15) is 0 Å². The molecule has 3 rings (SSSR count). The number of carbonyl (C=O) groups excluding carboxylic acids is 1. The maximum Gasteiger partial charge on any atom is 0.263 e. The average molecular weight is 374 g/mol. The highest BCUT2D eigenvalue weighted by molar-refractivity contribution is 7.22. The van der Waals surface area contributed by atoms with Gasteiger partial charge in [-0.1, -0.05) is 12.1 Å². The second-order valence-electron chi connectivity index (χ2n) is 5.28. The molecule has 0 aliphatic rings. The molecule has 5 nitrogen and oxygen atoms in total. The number of benzene rings is 1. The van der Waals surface area contributed by atoms with Gasteiger partial charge in [-0.15, -0.1) is 22.7 Å². The molecular weight excluding hydrogens is 356 g/mol. The standard InChI is InChI=1S/C18H18N2O3S2/c1-11-16(25-18(20-11)15-5-4-8-24-15)17(21)19-10-12-6-7-13(22-2)14(9-12)23-3/h4-9H,10H2,1-3H3,(H,19,21). The number of thiophene rings is 1. The minimum atomic E-state index is -0.118. The number of amides is 1. The first-order valence-electron chi connectivity index (χ1n) is 7.62. The van der Waals surface area contributed by atoms with Crippen LogP contribution in [0.3, 0.4) is 0 Å². The summed E-state index contributed by atoms with van der Waals surface area (Å²) in [7, 11) is 3.18. The number of rotatable bonds is 6. The monoisotopic (exact) mass is 374 g/mol. The molecule has 0 aliphatic carbocycles. The highest BCUT2D eigenvalue weighted by atomic mass is 32.1. The smallest absolute Gasteiger partial charge is 0.263 e. The third-order valence-corrected chi connectivity index (χ3v) is 5.83. The topological polar surface area (TPSA) is 60.5 Å². The number of thiazole rings is 1. The summed E-state index contributed by atoms with van der Waals surface area (Å²) in [6.07, 6.45) is 0. The number of aryl methyl sites for hydroxylation is 1. The van der Waals surface area contributed by atoms with Gasteiger partial charge < -0.3 is 14.8 Å². The van der Waals surface area contributed by atoms with Gasteiger partial charge in [0.25, 0.3) is 5.91 Å². The number of methoxy groups -OCH3 is 2. The van der Waals surface area contributed by atoms with Crippen molar-refractivity contribution >= 4 is 28.6 Å². The summed E-state index contributed by atoms with van der Waals surface area (Å²) in [6.45, 7) is 2.27. The molecule has 0 bridgehead atoms. The van der Waals surface area contributed by atoms with Crippen LogP contribution in [0.1, 0.15) is 20.9 Å². The molecule has 2 aromatic heterocycles. The predicted octanol–water partition coefficient (Wildman–Crippen LogP) is 4.13. The molecule has 130 valence electrons. The van der Waals surface area contributed by atoms with E-state index in [0.29, 0.717) is 22.9 Å². The van der Waals surface area contributed by atoms with Crippen LogP contribution in [-0.4, -0.2) is 25.1 Å². The summed E-state index contributed by atoms with van der Waals surface area (Å²) in [4.78, 5) is 18.7. The van der Waals surface area contributed by atoms with E-state index in [1.807, 2.05) is 42.6 Å². The SMILES string of the molecule is COc1ccc(CNC(=O)c2sc(-c3cccs3)nc2C)cc1OC. The van der Waals surface area contributed by atoms with Crippen molar-refractivity contribution in [3.8, 4) is 21.4 Å². The van der Waals surface area contributed by atoms with Crippen LogP contribution < -0.4 is 14.8 Å². The number of nitrogens with one attached hydrogen (secondary N) is 1. The number of nitrogens with zero attached hydrogens (tertiary/aromatic N) is 1. The third kappa shape index (κ3) is 3.83. The Morgan fingerprint density at radius 1 is 1.20 bits per heavy atom. The largest absolute Gasteiger partial charge is 0.493 e. The molecule has 1 aromatic carbocycles. The zero-order chi connectivity index (χ0) is 17.8. The molecule has 1 N–H and O–H groups in total. The van der Waals surface area contributed by atoms with E-state index in [2.05, 4.69) is 10.3 Å². The summed E-state index contributed by atoms with van der Waals surface area (Å²) >= 11 is 3.03. The maximum atomic E-state index is 12.5. The van der Waals surface area contributed by atoms with Crippen LogP contribution in [0.2, 0.25) is 0 Å². The molecule has 25 heavy (non-hydrogen) atoms. The van der Waals surface area contributed by atoms with Crippen LogP contribution >= 0.6 is 22.7 Å². The van der Waals surface area contributed by atoms with Crippen LogP contribution in [0.25, 0.3) is 9.88 Å². The van der Waals surface area contributed by atoms with Gasteiger partial charge in [0, 0.05) is 6.54 Å². The minimum absolute atomic E-state index is 0.118. The lowest BCUT2D eigenvalue weighted by Crippen LogP contribution is -2.22. The van der Waals surface area contributed by atoms with Gasteiger partial charge in [0.05, 0.1) is 24.8 Å². The van der Waals surface area contributed by atoms with Crippen LogP contribution in [0, 0.1) is 6.92 Å². The summed E-state index contributed by atoms with van der Waals surface area (Å²) in [6, 6.07) is 9.57. The van der Waals surface area contributed by atoms with Crippen LogP contribution in [-0.2, 0) is 6.54 Å². The zero-order valence-corrected chi connectivity index (χ0v) is 15.8. The van der Waals surface area contributed by atoms with Gasteiger partial charge in [0.1, 0.15) is 9.88 Å². The van der Waals surface area contributed by atoms with E-state index in [-0.39, 0.29) is 5.91 Å². The van der Waals surface area contributed by atoms with Crippen LogP contribution in [0.4, 0.5) is 0 Å². The normalized spacial score (nSPS) is 10.5. The second kappa shape index (κ2) is 7.67. The summed E-state index contributed by atoms with van der Waals surface area (Å²) in [5, 5.41) is 5.82. The van der Waals surface area contributed by atoms with Crippen molar-refractivity contribution in [1.29, 1.82) is 0 Å². The second-order valence-corrected chi connectivity index (χ2v) is 7.23. The molecule has 0 unspecified atom stereocenters. The number of carbonyl (C=O) groups is 1. The molecule has 0 saturated carbocycles. The Morgan fingerprint density at radius 3 is 2.68 bits per heavy atom. The Hall–Kier alpha value is -2.38. The fraction of sp³-hybridized carbons (Fsp3) is 0.222. The highest BCUT2D eigenvalue weighted by Crippen LogP contribution is 2.31. The van der Waals surface area contributed by atoms with Crippen molar-refractivity contribution in [2.75, 3.05) is 14.2 Å². The highest BCUT2D eigenvalue weighted by Gasteiger charge is 2.16. The van der Waals surface area contributed by atoms with Gasteiger partial charge in [-0.3, -0.25) is 4.79 Å². The molecule has 0 radical (unpaired) electrons. The fourth-order valence-corrected chi connectivity index (χ4v) is 4.15. The molecule has 2 heterocycles. The zero-order valence-electron chi connectivity index (χ0n) is 14.2. The van der Waals surface area contributed by atoms with Crippen molar-refractivity contribution in [2.24, 2.45) is 0 Å². The van der Waals surface area contributed by atoms with Gasteiger partial charge >= 0.3 is 0 Å². The minimum Gasteiger partial charge on any atom is -0.493 e. The lowest BCUT2D eigenvalue weighted by Gasteiger charge is -2.10. The van der Waals surface area contributed by atoms with E-state index in [1.165, 1.54) is 11.3 Å². The van der Waals surface area contributed by atoms with Crippen molar-refractivity contribution in [3.05, 3.63) is 51.8 Å². The summed E-state index contributed by atoms with van der Waals surface area (Å²) in [5.41, 5.74) is 1.69. The molecule has 1 amide bonds. The average Bonchev–Trinajstić information content (AvgIpc) is 3.28. The molecule has 7 heteroatoms. The van der Waals surface area contributed by atoms with E-state index in [0.717, 1.165) is 21.1 Å². The molecule has 3 aromatic rings. The first-order valence-corrected chi connectivity index (χ1v) is 9.32. The molecule has 0 atom stereocenters. The van der Waals surface area contributed by atoms with E-state index in [4.69, 9.17) is 9.47 Å². The number of aromatic nitrogens is 1. The number of ether oxygens (including phenoxy) is 2. The number of hydrogen-bond acceptors (Lipinski definition) is 6.